The number of anilines is 2. The molecule has 0 bridgehead atoms. The van der Waals surface area contributed by atoms with Crippen molar-refractivity contribution in [1.29, 1.82) is 0 Å². The minimum atomic E-state index is 0.482. The third-order valence-corrected chi connectivity index (χ3v) is 8.01. The zero-order valence-corrected chi connectivity index (χ0v) is 21.0. The summed E-state index contributed by atoms with van der Waals surface area (Å²) in [6.07, 6.45) is 4.97. The van der Waals surface area contributed by atoms with Gasteiger partial charge in [0.1, 0.15) is 18.1 Å². The Morgan fingerprint density at radius 1 is 0.971 bits per heavy atom. The molecule has 1 aliphatic heterocycles. The first-order valence-corrected chi connectivity index (χ1v) is 13.4. The van der Waals surface area contributed by atoms with Crippen LogP contribution < -0.4 is 15.0 Å². The second kappa shape index (κ2) is 9.87. The van der Waals surface area contributed by atoms with E-state index >= 15 is 0 Å². The molecule has 182 valence electrons. The smallest absolute Gasteiger partial charge is 0.216 e. The summed E-state index contributed by atoms with van der Waals surface area (Å²) in [5.41, 5.74) is 3.21. The predicted molar refractivity (Wildman–Crippen MR) is 143 cm³/mol. The molecular formula is C27H32N6OS. The molecule has 2 aromatic heterocycles. The Labute approximate surface area is 210 Å². The summed E-state index contributed by atoms with van der Waals surface area (Å²) in [6, 6.07) is 19.0. The van der Waals surface area contributed by atoms with Crippen LogP contribution in [-0.2, 0) is 6.61 Å². The molecule has 0 unspecified atom stereocenters. The fraction of sp³-hybridized carbons (Fsp3) is 0.407. The van der Waals surface area contributed by atoms with E-state index < -0.39 is 0 Å². The van der Waals surface area contributed by atoms with Crippen LogP contribution in [0, 0.1) is 0 Å². The van der Waals surface area contributed by atoms with E-state index in [1.807, 2.05) is 34.8 Å². The highest BCUT2D eigenvalue weighted by Gasteiger charge is 2.25. The summed E-state index contributed by atoms with van der Waals surface area (Å²) >= 11 is 1.68. The molecule has 2 fully saturated rings. The van der Waals surface area contributed by atoms with Crippen molar-refractivity contribution in [2.45, 2.75) is 38.3 Å². The van der Waals surface area contributed by atoms with Crippen molar-refractivity contribution < 1.29 is 4.74 Å². The summed E-state index contributed by atoms with van der Waals surface area (Å²) in [7, 11) is 2.18. The third-order valence-electron chi connectivity index (χ3n) is 7.04. The molecule has 1 aliphatic carbocycles. The van der Waals surface area contributed by atoms with Crippen molar-refractivity contribution in [2.75, 3.05) is 43.4 Å². The highest BCUT2D eigenvalue weighted by Crippen LogP contribution is 2.36. The lowest BCUT2D eigenvalue weighted by atomic mass is 10.1. The molecule has 1 saturated carbocycles. The van der Waals surface area contributed by atoms with Crippen LogP contribution in [0.2, 0.25) is 0 Å². The van der Waals surface area contributed by atoms with Gasteiger partial charge in [-0.05, 0) is 49.7 Å². The van der Waals surface area contributed by atoms with Crippen molar-refractivity contribution in [1.82, 2.24) is 19.5 Å². The number of rotatable bonds is 7. The Morgan fingerprint density at radius 3 is 2.46 bits per heavy atom. The maximum absolute atomic E-state index is 5.99. The summed E-state index contributed by atoms with van der Waals surface area (Å²) in [4.78, 5) is 10.8. The standard InChI is InChI=1S/C27H32N6OS/c1-31-15-17-32(18-16-31)27-30-33-25(28-22-9-5-6-10-22)24(29-26(33)35-27)21-11-13-23(14-12-21)34-19-20-7-3-2-4-8-20/h2-4,7-8,11-14,22,28H,5-6,9-10,15-19H2,1H3. The highest BCUT2D eigenvalue weighted by molar-refractivity contribution is 7.20. The van der Waals surface area contributed by atoms with E-state index in [1.54, 1.807) is 11.3 Å². The monoisotopic (exact) mass is 488 g/mol. The van der Waals surface area contributed by atoms with Crippen LogP contribution in [0.25, 0.3) is 16.2 Å². The van der Waals surface area contributed by atoms with Gasteiger partial charge < -0.3 is 19.9 Å². The van der Waals surface area contributed by atoms with Crippen LogP contribution in [0.4, 0.5) is 10.9 Å². The van der Waals surface area contributed by atoms with Gasteiger partial charge >= 0.3 is 0 Å². The number of imidazole rings is 1. The summed E-state index contributed by atoms with van der Waals surface area (Å²) < 4.78 is 8.03. The van der Waals surface area contributed by atoms with Gasteiger partial charge in [0.25, 0.3) is 0 Å². The number of aromatic nitrogens is 3. The maximum atomic E-state index is 5.99. The molecule has 7 nitrogen and oxygen atoms in total. The lowest BCUT2D eigenvalue weighted by molar-refractivity contribution is 0.306. The Bertz CT molecular complexity index is 1250. The van der Waals surface area contributed by atoms with Gasteiger partial charge in [-0.1, -0.05) is 54.5 Å². The average molecular weight is 489 g/mol. The molecule has 0 atom stereocenters. The summed E-state index contributed by atoms with van der Waals surface area (Å²) in [5.74, 6) is 1.88. The number of hydrogen-bond acceptors (Lipinski definition) is 7. The highest BCUT2D eigenvalue weighted by atomic mass is 32.1. The second-order valence-electron chi connectivity index (χ2n) is 9.60. The minimum absolute atomic E-state index is 0.482. The zero-order valence-electron chi connectivity index (χ0n) is 20.2. The van der Waals surface area contributed by atoms with E-state index in [4.69, 9.17) is 14.8 Å². The van der Waals surface area contributed by atoms with Crippen LogP contribution >= 0.6 is 11.3 Å². The largest absolute Gasteiger partial charge is 0.489 e. The minimum Gasteiger partial charge on any atom is -0.489 e. The lowest BCUT2D eigenvalue weighted by Crippen LogP contribution is -2.44. The number of benzene rings is 2. The van der Waals surface area contributed by atoms with E-state index in [0.29, 0.717) is 12.6 Å². The summed E-state index contributed by atoms with van der Waals surface area (Å²) in [6.45, 7) is 4.72. The number of fused-ring (bicyclic) bond motifs is 1. The van der Waals surface area contributed by atoms with Gasteiger partial charge in [-0.3, -0.25) is 0 Å². The van der Waals surface area contributed by atoms with Crippen LogP contribution in [-0.4, -0.2) is 58.8 Å². The molecular weight excluding hydrogens is 456 g/mol. The first kappa shape index (κ1) is 22.4. The molecule has 2 aliphatic rings. The van der Waals surface area contributed by atoms with E-state index in [9.17, 15) is 0 Å². The molecule has 35 heavy (non-hydrogen) atoms. The van der Waals surface area contributed by atoms with Crippen molar-refractivity contribution >= 4 is 27.2 Å². The van der Waals surface area contributed by atoms with Crippen molar-refractivity contribution in [2.24, 2.45) is 0 Å². The topological polar surface area (TPSA) is 57.9 Å². The van der Waals surface area contributed by atoms with E-state index in [1.165, 1.54) is 25.7 Å². The SMILES string of the molecule is CN1CCN(c2nn3c(NC4CCCC4)c(-c4ccc(OCc5ccccc5)cc4)nc3s2)CC1. The first-order chi connectivity index (χ1) is 17.2. The Balaban J connectivity index is 1.26. The normalized spacial score (nSPS) is 17.3. The molecule has 1 N–H and O–H groups in total. The van der Waals surface area contributed by atoms with Crippen LogP contribution in [0.1, 0.15) is 31.2 Å². The van der Waals surface area contributed by atoms with Gasteiger partial charge in [0.15, 0.2) is 5.82 Å². The van der Waals surface area contributed by atoms with Crippen molar-refractivity contribution in [3.05, 3.63) is 60.2 Å². The number of likely N-dealkylation sites (N-methyl/N-ethyl adjacent to an activating group) is 1. The fourth-order valence-corrected chi connectivity index (χ4v) is 5.86. The van der Waals surface area contributed by atoms with E-state index in [-0.39, 0.29) is 0 Å². The second-order valence-corrected chi connectivity index (χ2v) is 10.5. The molecule has 1 saturated heterocycles. The molecule has 2 aromatic carbocycles. The quantitative estimate of drug-likeness (QED) is 0.389. The molecule has 4 aromatic rings. The number of ether oxygens (including phenoxy) is 1. The van der Waals surface area contributed by atoms with Crippen molar-refractivity contribution in [3.63, 3.8) is 0 Å². The van der Waals surface area contributed by atoms with Gasteiger partial charge in [-0.25, -0.2) is 4.98 Å². The van der Waals surface area contributed by atoms with Crippen LogP contribution in [0.3, 0.4) is 0 Å². The van der Waals surface area contributed by atoms with Gasteiger partial charge in [0, 0.05) is 37.8 Å². The number of hydrogen-bond donors (Lipinski definition) is 1. The van der Waals surface area contributed by atoms with Gasteiger partial charge in [-0.15, -0.1) is 5.10 Å². The Hall–Kier alpha value is -3.10. The molecule has 6 rings (SSSR count). The Morgan fingerprint density at radius 2 is 1.71 bits per heavy atom. The Kier molecular flexibility index (Phi) is 6.31. The van der Waals surface area contributed by atoms with Gasteiger partial charge in [-0.2, -0.15) is 4.52 Å². The number of nitrogens with zero attached hydrogens (tertiary/aromatic N) is 5. The van der Waals surface area contributed by atoms with Gasteiger partial charge in [0.05, 0.1) is 0 Å². The lowest BCUT2D eigenvalue weighted by Gasteiger charge is -2.31. The van der Waals surface area contributed by atoms with E-state index in [0.717, 1.165) is 64.7 Å². The van der Waals surface area contributed by atoms with Crippen LogP contribution in [0.15, 0.2) is 54.6 Å². The predicted octanol–water partition coefficient (Wildman–Crippen LogP) is 5.14. The fourth-order valence-electron chi connectivity index (χ4n) is 4.91. The molecule has 8 heteroatoms. The molecule has 3 heterocycles. The zero-order chi connectivity index (χ0) is 23.6. The van der Waals surface area contributed by atoms with Gasteiger partial charge in [0.2, 0.25) is 10.1 Å². The van der Waals surface area contributed by atoms with E-state index in [2.05, 4.69) is 46.4 Å². The number of piperazine rings is 1. The first-order valence-electron chi connectivity index (χ1n) is 12.6. The average Bonchev–Trinajstić information content (AvgIpc) is 3.63. The molecule has 0 radical (unpaired) electrons. The maximum Gasteiger partial charge on any atom is 0.216 e. The molecule has 0 amide bonds. The summed E-state index contributed by atoms with van der Waals surface area (Å²) in [5, 5.41) is 9.89. The van der Waals surface area contributed by atoms with Crippen LogP contribution in [0.5, 0.6) is 5.75 Å². The van der Waals surface area contributed by atoms with Crippen molar-refractivity contribution in [3.8, 4) is 17.0 Å². The third kappa shape index (κ3) is 4.86. The number of nitrogens with one attached hydrogen (secondary N) is 1. The molecule has 0 spiro atoms.